The van der Waals surface area contributed by atoms with Gasteiger partial charge in [-0.2, -0.15) is 0 Å². The van der Waals surface area contributed by atoms with Crippen molar-refractivity contribution < 1.29 is 14.7 Å². The summed E-state index contributed by atoms with van der Waals surface area (Å²) in [6, 6.07) is -0.0374. The number of nitrogens with one attached hydrogen (secondary N) is 2. The van der Waals surface area contributed by atoms with Crippen molar-refractivity contribution in [2.75, 3.05) is 26.2 Å². The van der Waals surface area contributed by atoms with E-state index in [-0.39, 0.29) is 46.9 Å². The number of fused-ring (bicyclic) bond motifs is 1. The number of hydrogen-bond acceptors (Lipinski definition) is 6. The van der Waals surface area contributed by atoms with Gasteiger partial charge in [0, 0.05) is 37.4 Å². The minimum Gasteiger partial charge on any atom is -0.392 e. The molecule has 8 heteroatoms. The number of nitrogens with zero attached hydrogens (tertiary/aromatic N) is 3. The zero-order valence-corrected chi connectivity index (χ0v) is 21.6. The van der Waals surface area contributed by atoms with Gasteiger partial charge in [0.1, 0.15) is 5.69 Å². The average Bonchev–Trinajstić information content (AvgIpc) is 2.86. The largest absolute Gasteiger partial charge is 0.392 e. The van der Waals surface area contributed by atoms with E-state index < -0.39 is 6.10 Å². The molecule has 1 aromatic rings. The van der Waals surface area contributed by atoms with Gasteiger partial charge in [-0.15, -0.1) is 0 Å². The summed E-state index contributed by atoms with van der Waals surface area (Å²) in [5.41, 5.74) is 0.332. The maximum atomic E-state index is 13.0. The van der Waals surface area contributed by atoms with Crippen LogP contribution in [0, 0.1) is 29.1 Å². The smallest absolute Gasteiger partial charge is 0.271 e. The zero-order chi connectivity index (χ0) is 25.0. The molecule has 4 rings (SSSR count). The molecule has 3 N–H and O–H groups in total. The molecule has 0 bridgehead atoms. The molecule has 194 valence electrons. The van der Waals surface area contributed by atoms with E-state index in [1.807, 2.05) is 6.92 Å². The number of carbonyl (C=O) groups is 2. The molecule has 8 nitrogen and oxygen atoms in total. The van der Waals surface area contributed by atoms with Crippen molar-refractivity contribution >= 4 is 11.8 Å². The van der Waals surface area contributed by atoms with Crippen molar-refractivity contribution in [3.8, 4) is 0 Å². The van der Waals surface area contributed by atoms with E-state index >= 15 is 0 Å². The molecule has 7 unspecified atom stereocenters. The van der Waals surface area contributed by atoms with E-state index in [0.29, 0.717) is 12.2 Å². The molecule has 7 atom stereocenters. The summed E-state index contributed by atoms with van der Waals surface area (Å²) in [7, 11) is 0. The van der Waals surface area contributed by atoms with Gasteiger partial charge in [0.15, 0.2) is 0 Å². The van der Waals surface area contributed by atoms with Crippen LogP contribution < -0.4 is 10.6 Å². The van der Waals surface area contributed by atoms with Crippen molar-refractivity contribution in [2.45, 2.75) is 77.9 Å². The first-order chi connectivity index (χ1) is 16.8. The number of carbonyl (C=O) groups excluding carboxylic acids is 2. The van der Waals surface area contributed by atoms with Crippen LogP contribution in [0.5, 0.6) is 0 Å². The fraction of sp³-hybridized carbons (Fsp3) is 0.778. The number of aromatic nitrogens is 2. The molecule has 2 heterocycles. The molecule has 1 saturated heterocycles. The van der Waals surface area contributed by atoms with Gasteiger partial charge < -0.3 is 20.6 Å². The highest BCUT2D eigenvalue weighted by atomic mass is 16.3. The van der Waals surface area contributed by atoms with Crippen molar-refractivity contribution in [1.82, 2.24) is 25.5 Å². The molecule has 1 aromatic heterocycles. The van der Waals surface area contributed by atoms with E-state index in [0.717, 1.165) is 45.3 Å². The normalized spacial score (nSPS) is 34.5. The minimum atomic E-state index is -0.567. The van der Waals surface area contributed by atoms with Gasteiger partial charge in [0.25, 0.3) is 5.91 Å². The van der Waals surface area contributed by atoms with E-state index in [4.69, 9.17) is 0 Å². The Labute approximate surface area is 209 Å². The molecule has 35 heavy (non-hydrogen) atoms. The fourth-order valence-corrected chi connectivity index (χ4v) is 7.03. The predicted molar refractivity (Wildman–Crippen MR) is 134 cm³/mol. The number of aliphatic hydroxyl groups excluding tert-OH is 1. The second-order valence-corrected chi connectivity index (χ2v) is 11.4. The maximum absolute atomic E-state index is 13.0. The topological polar surface area (TPSA) is 107 Å². The molecular formula is C27H43N5O3. The lowest BCUT2D eigenvalue weighted by Gasteiger charge is -2.56. The molecule has 0 radical (unpaired) electrons. The Hall–Kier alpha value is -2.06. The Kier molecular flexibility index (Phi) is 8.42. The Bertz CT molecular complexity index is 862. The summed E-state index contributed by atoms with van der Waals surface area (Å²) >= 11 is 0. The number of rotatable bonds is 7. The Morgan fingerprint density at radius 3 is 2.66 bits per heavy atom. The predicted octanol–water partition coefficient (Wildman–Crippen LogP) is 2.64. The molecule has 2 amide bonds. The van der Waals surface area contributed by atoms with E-state index in [1.54, 1.807) is 6.20 Å². The molecular weight excluding hydrogens is 442 g/mol. The number of amides is 2. The number of hydrogen-bond donors (Lipinski definition) is 3. The van der Waals surface area contributed by atoms with Gasteiger partial charge in [-0.3, -0.25) is 14.6 Å². The second-order valence-electron chi connectivity index (χ2n) is 11.4. The summed E-state index contributed by atoms with van der Waals surface area (Å²) in [6.45, 7) is 10.2. The summed E-state index contributed by atoms with van der Waals surface area (Å²) in [4.78, 5) is 36.3. The lowest BCUT2D eigenvalue weighted by atomic mass is 9.51. The molecule has 1 aliphatic heterocycles. The van der Waals surface area contributed by atoms with Gasteiger partial charge in [-0.1, -0.05) is 27.2 Å². The van der Waals surface area contributed by atoms with Crippen molar-refractivity contribution in [2.24, 2.45) is 29.1 Å². The summed E-state index contributed by atoms with van der Waals surface area (Å²) < 4.78 is 0. The van der Waals surface area contributed by atoms with Crippen LogP contribution in [0.25, 0.3) is 0 Å². The molecule has 2 saturated carbocycles. The van der Waals surface area contributed by atoms with E-state index in [1.165, 1.54) is 31.7 Å². The SMILES string of the molecule is CC(C(=O)NCCN1CCCCC1)C1CCC2(C)CCC(NC(=O)c3cnccn3)C(C)C2C1O. The molecule has 3 aliphatic rings. The summed E-state index contributed by atoms with van der Waals surface area (Å²) in [5.74, 6) is -0.350. The van der Waals surface area contributed by atoms with Crippen molar-refractivity contribution in [1.29, 1.82) is 0 Å². The third-order valence-electron chi connectivity index (χ3n) is 9.23. The standard InChI is InChI=1S/C27H43N5O3/c1-18(25(34)30-13-16-32-14-5-4-6-15-32)20-7-9-27(3)10-8-21(19(2)23(27)24(20)33)31-26(35)22-17-28-11-12-29-22/h11-12,17-21,23-24,33H,4-10,13-16H2,1-3H3,(H,30,34)(H,31,35). The summed E-state index contributed by atoms with van der Waals surface area (Å²) in [6.07, 6.45) is 11.5. The number of piperidine rings is 1. The molecule has 2 aliphatic carbocycles. The average molecular weight is 486 g/mol. The van der Waals surface area contributed by atoms with Crippen LogP contribution in [0.2, 0.25) is 0 Å². The molecule has 0 spiro atoms. The number of aliphatic hydroxyl groups is 1. The second kappa shape index (κ2) is 11.3. The van der Waals surface area contributed by atoms with Crippen LogP contribution in [-0.4, -0.2) is 70.1 Å². The molecule has 0 aromatic carbocycles. The van der Waals surface area contributed by atoms with Crippen LogP contribution in [0.3, 0.4) is 0 Å². The molecule has 3 fully saturated rings. The van der Waals surface area contributed by atoms with Gasteiger partial charge in [0.2, 0.25) is 5.91 Å². The lowest BCUT2D eigenvalue weighted by Crippen LogP contribution is -2.58. The number of likely N-dealkylation sites (tertiary alicyclic amines) is 1. The highest BCUT2D eigenvalue weighted by Crippen LogP contribution is 2.55. The maximum Gasteiger partial charge on any atom is 0.271 e. The zero-order valence-electron chi connectivity index (χ0n) is 21.6. The van der Waals surface area contributed by atoms with E-state index in [9.17, 15) is 14.7 Å². The monoisotopic (exact) mass is 485 g/mol. The fourth-order valence-electron chi connectivity index (χ4n) is 7.03. The van der Waals surface area contributed by atoms with E-state index in [2.05, 4.69) is 39.3 Å². The first kappa shape index (κ1) is 26.0. The third kappa shape index (κ3) is 5.85. The first-order valence-corrected chi connectivity index (χ1v) is 13.5. The minimum absolute atomic E-state index is 0.0214. The van der Waals surface area contributed by atoms with Crippen molar-refractivity contribution in [3.05, 3.63) is 24.3 Å². The van der Waals surface area contributed by atoms with Crippen LogP contribution in [0.15, 0.2) is 18.6 Å². The quantitative estimate of drug-likeness (QED) is 0.548. The first-order valence-electron chi connectivity index (χ1n) is 13.5. The van der Waals surface area contributed by atoms with Gasteiger partial charge in [-0.05, 0) is 74.8 Å². The van der Waals surface area contributed by atoms with Crippen LogP contribution in [-0.2, 0) is 4.79 Å². The Balaban J connectivity index is 1.36. The van der Waals surface area contributed by atoms with Gasteiger partial charge in [-0.25, -0.2) is 4.98 Å². The van der Waals surface area contributed by atoms with Crippen LogP contribution >= 0.6 is 0 Å². The highest BCUT2D eigenvalue weighted by molar-refractivity contribution is 5.92. The van der Waals surface area contributed by atoms with Crippen LogP contribution in [0.1, 0.15) is 76.2 Å². The van der Waals surface area contributed by atoms with Crippen molar-refractivity contribution in [3.63, 3.8) is 0 Å². The summed E-state index contributed by atoms with van der Waals surface area (Å²) in [5, 5.41) is 17.9. The highest BCUT2D eigenvalue weighted by Gasteiger charge is 2.53. The lowest BCUT2D eigenvalue weighted by molar-refractivity contribution is -0.142. The Morgan fingerprint density at radius 2 is 1.94 bits per heavy atom. The Morgan fingerprint density at radius 1 is 1.20 bits per heavy atom. The van der Waals surface area contributed by atoms with Crippen LogP contribution in [0.4, 0.5) is 0 Å². The third-order valence-corrected chi connectivity index (χ3v) is 9.23. The van der Waals surface area contributed by atoms with Gasteiger partial charge in [0.05, 0.1) is 12.3 Å². The van der Waals surface area contributed by atoms with Gasteiger partial charge >= 0.3 is 0 Å².